The third-order valence-electron chi connectivity index (χ3n) is 5.17. The quantitative estimate of drug-likeness (QED) is 0.926. The Morgan fingerprint density at radius 2 is 1.91 bits per heavy atom. The maximum atomic E-state index is 12.2. The Hall–Kier alpha value is -2.11. The Kier molecular flexibility index (Phi) is 3.06. The highest BCUT2D eigenvalue weighted by Gasteiger charge is 2.33. The molecule has 1 aliphatic carbocycles. The molecule has 1 N–H and O–H groups in total. The molecule has 2 aliphatic rings. The number of rotatable bonds is 2. The van der Waals surface area contributed by atoms with Crippen LogP contribution in [0.5, 0.6) is 0 Å². The normalized spacial score (nSPS) is 21.9. The predicted octanol–water partition coefficient (Wildman–Crippen LogP) is 2.51. The van der Waals surface area contributed by atoms with Crippen molar-refractivity contribution in [2.75, 3.05) is 5.32 Å². The number of carbonyl (C=O) groups excluding carboxylic acids is 1. The summed E-state index contributed by atoms with van der Waals surface area (Å²) in [7, 11) is 1.94. The topological polar surface area (TPSA) is 64.7 Å². The highest BCUT2D eigenvalue weighted by Crippen LogP contribution is 2.41. The molecule has 1 amide bonds. The molecule has 1 unspecified atom stereocenters. The zero-order chi connectivity index (χ0) is 15.3. The van der Waals surface area contributed by atoms with Gasteiger partial charge in [-0.05, 0) is 19.8 Å². The summed E-state index contributed by atoms with van der Waals surface area (Å²) >= 11 is 0. The Morgan fingerprint density at radius 1 is 1.18 bits per heavy atom. The van der Waals surface area contributed by atoms with Crippen LogP contribution in [0, 0.1) is 6.92 Å². The van der Waals surface area contributed by atoms with E-state index in [0.717, 1.165) is 35.5 Å². The first kappa shape index (κ1) is 13.5. The lowest BCUT2D eigenvalue weighted by Crippen LogP contribution is -2.25. The molecule has 1 saturated carbocycles. The van der Waals surface area contributed by atoms with Crippen molar-refractivity contribution in [3.63, 3.8) is 0 Å². The molecule has 0 bridgehead atoms. The van der Waals surface area contributed by atoms with Crippen molar-refractivity contribution in [2.45, 2.75) is 51.0 Å². The third kappa shape index (κ3) is 1.97. The van der Waals surface area contributed by atoms with Crippen LogP contribution < -0.4 is 5.32 Å². The molecule has 6 heteroatoms. The highest BCUT2D eigenvalue weighted by atomic mass is 16.1. The number of amides is 1. The first-order valence-electron chi connectivity index (χ1n) is 8.01. The summed E-state index contributed by atoms with van der Waals surface area (Å²) in [4.78, 5) is 12.2. The van der Waals surface area contributed by atoms with E-state index in [0.29, 0.717) is 12.5 Å². The minimum Gasteiger partial charge on any atom is -0.311 e. The van der Waals surface area contributed by atoms with Crippen molar-refractivity contribution in [3.05, 3.63) is 29.2 Å². The lowest BCUT2D eigenvalue weighted by Gasteiger charge is -2.24. The van der Waals surface area contributed by atoms with Gasteiger partial charge in [-0.3, -0.25) is 9.48 Å². The van der Waals surface area contributed by atoms with Crippen molar-refractivity contribution < 1.29 is 4.79 Å². The smallest absolute Gasteiger partial charge is 0.226 e. The van der Waals surface area contributed by atoms with Crippen LogP contribution in [-0.4, -0.2) is 25.5 Å². The summed E-state index contributed by atoms with van der Waals surface area (Å²) in [6, 6.07) is 0.429. The number of anilines is 1. The maximum Gasteiger partial charge on any atom is 0.226 e. The van der Waals surface area contributed by atoms with Crippen LogP contribution in [0.3, 0.4) is 0 Å². The molecule has 116 valence electrons. The second kappa shape index (κ2) is 4.97. The first-order valence-corrected chi connectivity index (χ1v) is 8.01. The van der Waals surface area contributed by atoms with Gasteiger partial charge in [0, 0.05) is 36.2 Å². The van der Waals surface area contributed by atoms with E-state index in [1.54, 1.807) is 0 Å². The predicted molar refractivity (Wildman–Crippen MR) is 82.8 cm³/mol. The number of hydrogen-bond donors (Lipinski definition) is 1. The molecular weight excluding hydrogens is 278 g/mol. The Morgan fingerprint density at radius 3 is 2.59 bits per heavy atom. The zero-order valence-electron chi connectivity index (χ0n) is 13.0. The molecule has 22 heavy (non-hydrogen) atoms. The van der Waals surface area contributed by atoms with Crippen molar-refractivity contribution in [2.24, 2.45) is 7.05 Å². The van der Waals surface area contributed by atoms with Crippen LogP contribution in [0.1, 0.15) is 60.9 Å². The molecule has 6 nitrogen and oxygen atoms in total. The molecule has 1 fully saturated rings. The van der Waals surface area contributed by atoms with Gasteiger partial charge >= 0.3 is 0 Å². The lowest BCUT2D eigenvalue weighted by atomic mass is 9.87. The average Bonchev–Trinajstić information content (AvgIpc) is 3.20. The van der Waals surface area contributed by atoms with E-state index in [1.165, 1.54) is 12.8 Å². The molecule has 1 aliphatic heterocycles. The van der Waals surface area contributed by atoms with Gasteiger partial charge in [-0.1, -0.05) is 12.8 Å². The summed E-state index contributed by atoms with van der Waals surface area (Å²) in [6.07, 6.45) is 9.09. The Balaban J connectivity index is 1.78. The highest BCUT2D eigenvalue weighted by molar-refractivity contribution is 5.94. The van der Waals surface area contributed by atoms with Gasteiger partial charge in [0.2, 0.25) is 5.91 Å². The second-order valence-corrected chi connectivity index (χ2v) is 6.45. The van der Waals surface area contributed by atoms with Crippen LogP contribution in [0.4, 0.5) is 5.82 Å². The van der Waals surface area contributed by atoms with E-state index >= 15 is 0 Å². The fraction of sp³-hybridized carbons (Fsp3) is 0.562. The van der Waals surface area contributed by atoms with E-state index in [2.05, 4.69) is 22.4 Å². The monoisotopic (exact) mass is 299 g/mol. The van der Waals surface area contributed by atoms with Gasteiger partial charge in [0.05, 0.1) is 18.4 Å². The third-order valence-corrected chi connectivity index (χ3v) is 5.17. The van der Waals surface area contributed by atoms with Gasteiger partial charge in [-0.15, -0.1) is 0 Å². The zero-order valence-corrected chi connectivity index (χ0v) is 13.0. The molecule has 2 aromatic rings. The van der Waals surface area contributed by atoms with E-state index in [1.807, 2.05) is 28.8 Å². The number of fused-ring (bicyclic) bond motifs is 1. The standard InChI is InChI=1S/C16H21N5O/c1-10-13(8-17-20(10)2)12-7-15(22)19-16-14(12)9-18-21(16)11-5-3-4-6-11/h8-9,11-12H,3-7H2,1-2H3,(H,19,22). The van der Waals surface area contributed by atoms with Gasteiger partial charge in [0.25, 0.3) is 0 Å². The van der Waals surface area contributed by atoms with Crippen LogP contribution in [0.2, 0.25) is 0 Å². The molecular formula is C16H21N5O. The molecule has 3 heterocycles. The fourth-order valence-electron chi connectivity index (χ4n) is 3.80. The number of aromatic nitrogens is 4. The Bertz CT molecular complexity index is 723. The summed E-state index contributed by atoms with van der Waals surface area (Å²) in [5.41, 5.74) is 3.37. The minimum atomic E-state index is 0.0626. The van der Waals surface area contributed by atoms with Gasteiger partial charge < -0.3 is 5.32 Å². The van der Waals surface area contributed by atoms with Gasteiger partial charge in [-0.2, -0.15) is 10.2 Å². The molecule has 2 aromatic heterocycles. The molecule has 0 saturated heterocycles. The minimum absolute atomic E-state index is 0.0626. The van der Waals surface area contributed by atoms with E-state index in [9.17, 15) is 4.79 Å². The summed E-state index contributed by atoms with van der Waals surface area (Å²) in [5.74, 6) is 1.03. The lowest BCUT2D eigenvalue weighted by molar-refractivity contribution is -0.116. The number of carbonyl (C=O) groups is 1. The molecule has 0 radical (unpaired) electrons. The maximum absolute atomic E-state index is 12.2. The molecule has 4 rings (SSSR count). The van der Waals surface area contributed by atoms with Gasteiger partial charge in [0.15, 0.2) is 0 Å². The van der Waals surface area contributed by atoms with Gasteiger partial charge in [-0.25, -0.2) is 4.68 Å². The van der Waals surface area contributed by atoms with Crippen LogP contribution in [-0.2, 0) is 11.8 Å². The number of nitrogens with zero attached hydrogens (tertiary/aromatic N) is 4. The van der Waals surface area contributed by atoms with Crippen LogP contribution in [0.25, 0.3) is 0 Å². The largest absolute Gasteiger partial charge is 0.311 e. The van der Waals surface area contributed by atoms with Crippen molar-refractivity contribution in [3.8, 4) is 0 Å². The molecule has 1 atom stereocenters. The summed E-state index contributed by atoms with van der Waals surface area (Å²) < 4.78 is 3.90. The molecule has 0 aromatic carbocycles. The number of aryl methyl sites for hydroxylation is 1. The number of hydrogen-bond acceptors (Lipinski definition) is 3. The van der Waals surface area contributed by atoms with Crippen molar-refractivity contribution in [1.29, 1.82) is 0 Å². The van der Waals surface area contributed by atoms with E-state index in [4.69, 9.17) is 0 Å². The first-order chi connectivity index (χ1) is 10.6. The average molecular weight is 299 g/mol. The summed E-state index contributed by atoms with van der Waals surface area (Å²) in [5, 5.41) is 12.0. The van der Waals surface area contributed by atoms with Gasteiger partial charge in [0.1, 0.15) is 5.82 Å². The van der Waals surface area contributed by atoms with Crippen molar-refractivity contribution >= 4 is 11.7 Å². The molecule has 0 spiro atoms. The fourth-order valence-corrected chi connectivity index (χ4v) is 3.80. The summed E-state index contributed by atoms with van der Waals surface area (Å²) in [6.45, 7) is 2.05. The van der Waals surface area contributed by atoms with E-state index < -0.39 is 0 Å². The second-order valence-electron chi connectivity index (χ2n) is 6.45. The SMILES string of the molecule is Cc1c(C2CC(=O)Nc3c2cnn3C2CCCC2)cnn1C. The van der Waals surface area contributed by atoms with Crippen molar-refractivity contribution in [1.82, 2.24) is 19.6 Å². The van der Waals surface area contributed by atoms with Crippen LogP contribution >= 0.6 is 0 Å². The van der Waals surface area contributed by atoms with Crippen LogP contribution in [0.15, 0.2) is 12.4 Å². The Labute approximate surface area is 129 Å². The number of nitrogens with one attached hydrogen (secondary N) is 1. The van der Waals surface area contributed by atoms with E-state index in [-0.39, 0.29) is 11.8 Å².